The maximum Gasteiger partial charge on any atom is 0.335 e. The number of imide groups is 2. The van der Waals surface area contributed by atoms with E-state index in [0.717, 1.165) is 4.90 Å². The predicted molar refractivity (Wildman–Crippen MR) is 150 cm³/mol. The number of nitrogens with one attached hydrogen (secondary N) is 2. The largest absolute Gasteiger partial charge is 0.483 e. The van der Waals surface area contributed by atoms with Gasteiger partial charge in [0.25, 0.3) is 17.7 Å². The van der Waals surface area contributed by atoms with Crippen LogP contribution in [0.1, 0.15) is 11.1 Å². The van der Waals surface area contributed by atoms with Gasteiger partial charge in [-0.25, -0.2) is 9.69 Å². The highest BCUT2D eigenvalue weighted by Crippen LogP contribution is 2.30. The smallest absolute Gasteiger partial charge is 0.335 e. The summed E-state index contributed by atoms with van der Waals surface area (Å²) < 4.78 is 6.04. The molecule has 5 amide bonds. The molecule has 4 rings (SSSR count). The van der Waals surface area contributed by atoms with E-state index < -0.39 is 23.8 Å². The summed E-state index contributed by atoms with van der Waals surface area (Å²) in [5.41, 5.74) is 1.58. The Kier molecular flexibility index (Phi) is 8.42. The van der Waals surface area contributed by atoms with Gasteiger partial charge in [-0.1, -0.05) is 46.9 Å². The van der Waals surface area contributed by atoms with Crippen molar-refractivity contribution >= 4 is 91.9 Å². The molecule has 0 radical (unpaired) electrons. The molecule has 0 spiro atoms. The van der Waals surface area contributed by atoms with Gasteiger partial charge in [0.2, 0.25) is 0 Å². The third kappa shape index (κ3) is 6.19. The first kappa shape index (κ1) is 27.7. The second-order valence-electron chi connectivity index (χ2n) is 8.04. The quantitative estimate of drug-likeness (QED) is 0.241. The van der Waals surface area contributed by atoms with Crippen LogP contribution in [0.15, 0.2) is 64.6 Å². The minimum absolute atomic E-state index is 0.245. The van der Waals surface area contributed by atoms with E-state index in [1.165, 1.54) is 18.2 Å². The number of carbonyl (C=O) groups excluding carboxylic acids is 4. The van der Waals surface area contributed by atoms with Crippen molar-refractivity contribution in [2.45, 2.75) is 6.92 Å². The Morgan fingerprint density at radius 3 is 2.50 bits per heavy atom. The topological polar surface area (TPSA) is 105 Å². The first-order chi connectivity index (χ1) is 18.0. The SMILES string of the molecule is Cc1ccc(Cl)cc1N1C(=O)NC(=O)/C(=C\c2ccc(OCC(=O)Nc3ccc(Cl)c(Cl)c3)c(Br)c2)C1=O. The van der Waals surface area contributed by atoms with Crippen LogP contribution in [0, 0.1) is 6.92 Å². The highest BCUT2D eigenvalue weighted by atomic mass is 79.9. The molecule has 0 saturated carbocycles. The van der Waals surface area contributed by atoms with Gasteiger partial charge in [-0.15, -0.1) is 0 Å². The summed E-state index contributed by atoms with van der Waals surface area (Å²) in [6, 6.07) is 13.4. The molecule has 1 fully saturated rings. The molecule has 8 nitrogen and oxygen atoms in total. The van der Waals surface area contributed by atoms with Gasteiger partial charge in [-0.05, 0) is 82.5 Å². The number of amides is 5. The average Bonchev–Trinajstić information content (AvgIpc) is 2.85. The second kappa shape index (κ2) is 11.6. The number of barbiturate groups is 1. The van der Waals surface area contributed by atoms with E-state index in [1.807, 2.05) is 0 Å². The van der Waals surface area contributed by atoms with Crippen LogP contribution in [-0.4, -0.2) is 30.4 Å². The summed E-state index contributed by atoms with van der Waals surface area (Å²) in [5.74, 6) is -1.69. The third-order valence-electron chi connectivity index (χ3n) is 5.34. The lowest BCUT2D eigenvalue weighted by molar-refractivity contribution is -0.122. The molecule has 0 bridgehead atoms. The number of hydrogen-bond acceptors (Lipinski definition) is 5. The molecule has 0 atom stereocenters. The number of hydrogen-bond donors (Lipinski definition) is 2. The molecule has 38 heavy (non-hydrogen) atoms. The summed E-state index contributed by atoms with van der Waals surface area (Å²) in [6.07, 6.45) is 1.35. The lowest BCUT2D eigenvalue weighted by Crippen LogP contribution is -2.54. The van der Waals surface area contributed by atoms with Crippen molar-refractivity contribution in [2.24, 2.45) is 0 Å². The molecule has 0 unspecified atom stereocenters. The van der Waals surface area contributed by atoms with E-state index >= 15 is 0 Å². The maximum atomic E-state index is 13.2. The monoisotopic (exact) mass is 635 g/mol. The van der Waals surface area contributed by atoms with Crippen molar-refractivity contribution in [3.63, 3.8) is 0 Å². The molecular formula is C26H17BrCl3N3O5. The van der Waals surface area contributed by atoms with E-state index in [2.05, 4.69) is 26.6 Å². The van der Waals surface area contributed by atoms with Crippen molar-refractivity contribution in [1.29, 1.82) is 0 Å². The van der Waals surface area contributed by atoms with Crippen LogP contribution in [0.4, 0.5) is 16.2 Å². The number of nitrogens with zero attached hydrogens (tertiary/aromatic N) is 1. The number of halogens is 4. The van der Waals surface area contributed by atoms with Crippen molar-refractivity contribution in [1.82, 2.24) is 5.32 Å². The Balaban J connectivity index is 1.49. The molecule has 1 aliphatic rings. The third-order valence-corrected chi connectivity index (χ3v) is 6.94. The number of ether oxygens (including phenoxy) is 1. The van der Waals surface area contributed by atoms with Gasteiger partial charge in [0.05, 0.1) is 20.2 Å². The number of benzene rings is 3. The number of aryl methyl sites for hydroxylation is 1. The van der Waals surface area contributed by atoms with Crippen LogP contribution in [0.2, 0.25) is 15.1 Å². The van der Waals surface area contributed by atoms with E-state index in [1.54, 1.807) is 49.4 Å². The molecule has 3 aromatic carbocycles. The number of carbonyl (C=O) groups is 4. The van der Waals surface area contributed by atoms with Crippen molar-refractivity contribution < 1.29 is 23.9 Å². The molecule has 1 aliphatic heterocycles. The van der Waals surface area contributed by atoms with Crippen LogP contribution >= 0.6 is 50.7 Å². The van der Waals surface area contributed by atoms with Gasteiger partial charge in [0.1, 0.15) is 11.3 Å². The van der Waals surface area contributed by atoms with Gasteiger partial charge in [0.15, 0.2) is 6.61 Å². The first-order valence-corrected chi connectivity index (χ1v) is 12.8. The lowest BCUT2D eigenvalue weighted by Gasteiger charge is -2.27. The molecule has 3 aromatic rings. The van der Waals surface area contributed by atoms with Crippen molar-refractivity contribution in [3.8, 4) is 5.75 Å². The standard InChI is InChI=1S/C26H17BrCl3N3O5/c1-13-2-4-15(28)10-21(13)33-25(36)17(24(35)32-26(33)37)8-14-3-7-22(18(27)9-14)38-12-23(34)31-16-5-6-19(29)20(30)11-16/h2-11H,12H2,1H3,(H,31,34)(H,32,35,37)/b17-8+. The second-order valence-corrected chi connectivity index (χ2v) is 10.1. The highest BCUT2D eigenvalue weighted by molar-refractivity contribution is 9.10. The fraction of sp³-hybridized carbons (Fsp3) is 0.0769. The van der Waals surface area contributed by atoms with Crippen LogP contribution in [0.25, 0.3) is 6.08 Å². The molecule has 0 aromatic heterocycles. The predicted octanol–water partition coefficient (Wildman–Crippen LogP) is 6.40. The molecule has 1 saturated heterocycles. The van der Waals surface area contributed by atoms with E-state index in [0.29, 0.717) is 42.1 Å². The molecule has 12 heteroatoms. The van der Waals surface area contributed by atoms with E-state index in [-0.39, 0.29) is 17.9 Å². The molecule has 2 N–H and O–H groups in total. The number of urea groups is 1. The van der Waals surface area contributed by atoms with Gasteiger partial charge < -0.3 is 10.1 Å². The Morgan fingerprint density at radius 1 is 1.03 bits per heavy atom. The summed E-state index contributed by atoms with van der Waals surface area (Å²) in [6.45, 7) is 1.42. The zero-order chi connectivity index (χ0) is 27.6. The summed E-state index contributed by atoms with van der Waals surface area (Å²) in [7, 11) is 0. The summed E-state index contributed by atoms with van der Waals surface area (Å²) >= 11 is 21.3. The Hall–Kier alpha value is -3.37. The number of anilines is 2. The summed E-state index contributed by atoms with van der Waals surface area (Å²) in [4.78, 5) is 51.3. The molecule has 0 aliphatic carbocycles. The molecule has 1 heterocycles. The van der Waals surface area contributed by atoms with E-state index in [4.69, 9.17) is 39.5 Å². The fourth-order valence-electron chi connectivity index (χ4n) is 3.50. The van der Waals surface area contributed by atoms with Gasteiger partial charge in [-0.2, -0.15) is 0 Å². The Bertz CT molecular complexity index is 1530. The maximum absolute atomic E-state index is 13.2. The van der Waals surface area contributed by atoms with Crippen LogP contribution in [-0.2, 0) is 14.4 Å². The Morgan fingerprint density at radius 2 is 1.79 bits per heavy atom. The molecular weight excluding hydrogens is 621 g/mol. The normalized spacial score (nSPS) is 14.5. The highest BCUT2D eigenvalue weighted by Gasteiger charge is 2.37. The fourth-order valence-corrected chi connectivity index (χ4v) is 4.48. The van der Waals surface area contributed by atoms with Crippen LogP contribution < -0.4 is 20.3 Å². The zero-order valence-electron chi connectivity index (χ0n) is 19.5. The minimum atomic E-state index is -0.869. The minimum Gasteiger partial charge on any atom is -0.483 e. The van der Waals surface area contributed by atoms with Crippen molar-refractivity contribution in [3.05, 3.63) is 90.8 Å². The van der Waals surface area contributed by atoms with Crippen LogP contribution in [0.5, 0.6) is 5.75 Å². The number of rotatable bonds is 6. The zero-order valence-corrected chi connectivity index (χ0v) is 23.3. The van der Waals surface area contributed by atoms with Gasteiger partial charge in [-0.3, -0.25) is 19.7 Å². The Labute approximate surface area is 240 Å². The lowest BCUT2D eigenvalue weighted by atomic mass is 10.1. The van der Waals surface area contributed by atoms with E-state index in [9.17, 15) is 19.2 Å². The van der Waals surface area contributed by atoms with Gasteiger partial charge in [0, 0.05) is 10.7 Å². The first-order valence-electron chi connectivity index (χ1n) is 10.9. The van der Waals surface area contributed by atoms with Gasteiger partial charge >= 0.3 is 6.03 Å². The average molecular weight is 638 g/mol. The van der Waals surface area contributed by atoms with Crippen LogP contribution in [0.3, 0.4) is 0 Å². The molecule has 194 valence electrons. The summed E-state index contributed by atoms with van der Waals surface area (Å²) in [5, 5.41) is 5.83. The van der Waals surface area contributed by atoms with Crippen molar-refractivity contribution in [2.75, 3.05) is 16.8 Å².